The summed E-state index contributed by atoms with van der Waals surface area (Å²) in [5, 5.41) is 2.29. The van der Waals surface area contributed by atoms with Crippen molar-refractivity contribution < 1.29 is 18.7 Å². The van der Waals surface area contributed by atoms with E-state index in [1.165, 1.54) is 0 Å². The van der Waals surface area contributed by atoms with Crippen molar-refractivity contribution in [2.75, 3.05) is 0 Å². The van der Waals surface area contributed by atoms with Gasteiger partial charge in [-0.05, 0) is 26.3 Å². The smallest absolute Gasteiger partial charge is 0.408 e. The maximum atomic E-state index is 13.2. The Morgan fingerprint density at radius 2 is 1.75 bits per heavy atom. The molecule has 0 spiro atoms. The average Bonchev–Trinajstić information content (AvgIpc) is 2.34. The van der Waals surface area contributed by atoms with E-state index in [0.29, 0.717) is 0 Å². The third kappa shape index (κ3) is 4.99. The standard InChI is InChI=1S/C15H20FNO3/c1-10(11-8-6-5-7-9-11)12(13(16)18)17-14(19)20-15(2,3)4/h5-10,12H,1-4H3,(H,17,19)/t10-,12+/m1/s1. The Morgan fingerprint density at radius 3 is 2.20 bits per heavy atom. The Balaban J connectivity index is 2.80. The second kappa shape index (κ2) is 6.50. The average molecular weight is 281 g/mol. The lowest BCUT2D eigenvalue weighted by Crippen LogP contribution is -2.45. The summed E-state index contributed by atoms with van der Waals surface area (Å²) in [5.74, 6) is -0.485. The molecule has 0 heterocycles. The lowest BCUT2D eigenvalue weighted by Gasteiger charge is -2.24. The number of amides is 1. The number of carbonyl (C=O) groups is 2. The summed E-state index contributed by atoms with van der Waals surface area (Å²) in [6.45, 7) is 6.76. The molecule has 0 saturated heterocycles. The number of hydrogen-bond acceptors (Lipinski definition) is 3. The normalized spacial score (nSPS) is 14.2. The van der Waals surface area contributed by atoms with E-state index in [4.69, 9.17) is 4.74 Å². The van der Waals surface area contributed by atoms with Gasteiger partial charge < -0.3 is 10.1 Å². The lowest BCUT2D eigenvalue weighted by molar-refractivity contribution is -0.132. The summed E-state index contributed by atoms with van der Waals surface area (Å²) in [6, 6.07) is 6.11. The van der Waals surface area contributed by atoms with Crippen LogP contribution in [0.3, 0.4) is 0 Å². The molecule has 4 nitrogen and oxygen atoms in total. The van der Waals surface area contributed by atoms with E-state index in [9.17, 15) is 14.0 Å². The van der Waals surface area contributed by atoms with Gasteiger partial charge in [-0.2, -0.15) is 4.39 Å². The molecule has 5 heteroatoms. The van der Waals surface area contributed by atoms with Crippen LogP contribution in [0.1, 0.15) is 39.2 Å². The summed E-state index contributed by atoms with van der Waals surface area (Å²) in [6.07, 6.45) is -0.809. The number of alkyl carbamates (subject to hydrolysis) is 1. The Bertz CT molecular complexity index is 468. The molecule has 0 aliphatic heterocycles. The SMILES string of the molecule is C[C@H](c1ccccc1)[C@H](NC(=O)OC(C)(C)C)C(=O)F. The molecule has 1 N–H and O–H groups in total. The van der Waals surface area contributed by atoms with Gasteiger partial charge >= 0.3 is 12.1 Å². The minimum Gasteiger partial charge on any atom is -0.444 e. The van der Waals surface area contributed by atoms with Crippen LogP contribution in [0, 0.1) is 0 Å². The van der Waals surface area contributed by atoms with E-state index in [0.717, 1.165) is 5.56 Å². The quantitative estimate of drug-likeness (QED) is 0.862. The minimum atomic E-state index is -1.59. The van der Waals surface area contributed by atoms with Gasteiger partial charge in [0.15, 0.2) is 0 Å². The number of carbonyl (C=O) groups excluding carboxylic acids is 2. The highest BCUT2D eigenvalue weighted by molar-refractivity contribution is 5.81. The molecule has 0 radical (unpaired) electrons. The van der Waals surface area contributed by atoms with Crippen molar-refractivity contribution in [3.8, 4) is 0 Å². The van der Waals surface area contributed by atoms with E-state index in [2.05, 4.69) is 5.32 Å². The van der Waals surface area contributed by atoms with Crippen LogP contribution in [0.4, 0.5) is 9.18 Å². The zero-order chi connectivity index (χ0) is 15.3. The number of nitrogens with one attached hydrogen (secondary N) is 1. The van der Waals surface area contributed by atoms with Crippen molar-refractivity contribution in [1.82, 2.24) is 5.32 Å². The first-order chi connectivity index (χ1) is 9.20. The van der Waals surface area contributed by atoms with E-state index < -0.39 is 29.7 Å². The molecular weight excluding hydrogens is 261 g/mol. The fraction of sp³-hybridized carbons (Fsp3) is 0.467. The van der Waals surface area contributed by atoms with Crippen LogP contribution >= 0.6 is 0 Å². The highest BCUT2D eigenvalue weighted by atomic mass is 19.1. The molecule has 0 unspecified atom stereocenters. The second-order valence-corrected chi connectivity index (χ2v) is 5.63. The molecule has 0 fully saturated rings. The third-order valence-electron chi connectivity index (χ3n) is 2.74. The minimum absolute atomic E-state index is 0.485. The van der Waals surface area contributed by atoms with Crippen molar-refractivity contribution in [2.24, 2.45) is 0 Å². The van der Waals surface area contributed by atoms with Gasteiger partial charge in [0.25, 0.3) is 0 Å². The Kier molecular flexibility index (Phi) is 5.25. The maximum absolute atomic E-state index is 13.2. The summed E-state index contributed by atoms with van der Waals surface area (Å²) in [7, 11) is 0. The van der Waals surface area contributed by atoms with Crippen molar-refractivity contribution in [1.29, 1.82) is 0 Å². The van der Waals surface area contributed by atoms with Crippen molar-refractivity contribution in [3.63, 3.8) is 0 Å². The van der Waals surface area contributed by atoms with Crippen molar-refractivity contribution in [3.05, 3.63) is 35.9 Å². The number of benzene rings is 1. The monoisotopic (exact) mass is 281 g/mol. The summed E-state index contributed by atoms with van der Waals surface area (Å²) < 4.78 is 18.2. The highest BCUT2D eigenvalue weighted by Crippen LogP contribution is 2.20. The number of halogens is 1. The van der Waals surface area contributed by atoms with Crippen LogP contribution in [0.5, 0.6) is 0 Å². The molecule has 1 rings (SSSR count). The van der Waals surface area contributed by atoms with Crippen LogP contribution in [-0.2, 0) is 9.53 Å². The predicted octanol–water partition coefficient (Wildman–Crippen LogP) is 3.18. The van der Waals surface area contributed by atoms with Crippen LogP contribution in [0.2, 0.25) is 0 Å². The molecule has 0 bridgehead atoms. The van der Waals surface area contributed by atoms with E-state index in [-0.39, 0.29) is 0 Å². The fourth-order valence-corrected chi connectivity index (χ4v) is 1.76. The Labute approximate surface area is 118 Å². The first-order valence-corrected chi connectivity index (χ1v) is 6.44. The first-order valence-electron chi connectivity index (χ1n) is 6.44. The summed E-state index contributed by atoms with van der Waals surface area (Å²) >= 11 is 0. The van der Waals surface area contributed by atoms with Crippen molar-refractivity contribution in [2.45, 2.75) is 45.3 Å². The number of ether oxygens (including phenoxy) is 1. The second-order valence-electron chi connectivity index (χ2n) is 5.63. The van der Waals surface area contributed by atoms with Gasteiger partial charge in [0.1, 0.15) is 11.6 Å². The molecule has 1 aromatic rings. The maximum Gasteiger partial charge on any atom is 0.408 e. The molecule has 1 aromatic carbocycles. The summed E-state index contributed by atoms with van der Waals surface area (Å²) in [4.78, 5) is 22.8. The molecule has 110 valence electrons. The number of rotatable bonds is 4. The Morgan fingerprint density at radius 1 is 1.20 bits per heavy atom. The highest BCUT2D eigenvalue weighted by Gasteiger charge is 2.29. The fourth-order valence-electron chi connectivity index (χ4n) is 1.76. The molecule has 0 saturated carbocycles. The molecular formula is C15H20FNO3. The zero-order valence-electron chi connectivity index (χ0n) is 12.1. The molecule has 0 aliphatic rings. The number of hydrogen-bond donors (Lipinski definition) is 1. The van der Waals surface area contributed by atoms with Gasteiger partial charge in [-0.3, -0.25) is 4.79 Å². The van der Waals surface area contributed by atoms with Gasteiger partial charge in [0, 0.05) is 5.92 Å². The van der Waals surface area contributed by atoms with Crippen LogP contribution in [-0.4, -0.2) is 23.8 Å². The predicted molar refractivity (Wildman–Crippen MR) is 74.1 cm³/mol. The Hall–Kier alpha value is -1.91. The van der Waals surface area contributed by atoms with Gasteiger partial charge in [-0.15, -0.1) is 0 Å². The van der Waals surface area contributed by atoms with E-state index in [1.807, 2.05) is 6.07 Å². The molecule has 0 aromatic heterocycles. The molecule has 2 atom stereocenters. The van der Waals surface area contributed by atoms with Gasteiger partial charge in [0.05, 0.1) is 0 Å². The van der Waals surface area contributed by atoms with Gasteiger partial charge in [-0.25, -0.2) is 4.79 Å². The van der Waals surface area contributed by atoms with E-state index >= 15 is 0 Å². The van der Waals surface area contributed by atoms with E-state index in [1.54, 1.807) is 52.0 Å². The van der Waals surface area contributed by atoms with Gasteiger partial charge in [-0.1, -0.05) is 37.3 Å². The molecule has 0 aliphatic carbocycles. The first kappa shape index (κ1) is 16.1. The van der Waals surface area contributed by atoms with Crippen LogP contribution in [0.25, 0.3) is 0 Å². The molecule has 1 amide bonds. The third-order valence-corrected chi connectivity index (χ3v) is 2.74. The molecule has 20 heavy (non-hydrogen) atoms. The van der Waals surface area contributed by atoms with Crippen molar-refractivity contribution >= 4 is 12.1 Å². The largest absolute Gasteiger partial charge is 0.444 e. The van der Waals surface area contributed by atoms with Gasteiger partial charge in [0.2, 0.25) is 0 Å². The van der Waals surface area contributed by atoms with Crippen LogP contribution in [0.15, 0.2) is 30.3 Å². The zero-order valence-corrected chi connectivity index (χ0v) is 12.1. The van der Waals surface area contributed by atoms with Crippen LogP contribution < -0.4 is 5.32 Å². The topological polar surface area (TPSA) is 55.4 Å². The lowest BCUT2D eigenvalue weighted by atomic mass is 9.94. The summed E-state index contributed by atoms with van der Waals surface area (Å²) in [5.41, 5.74) is 0.0591.